The molecule has 2 aromatic carbocycles. The van der Waals surface area contributed by atoms with Crippen molar-refractivity contribution in [3.05, 3.63) is 77.1 Å². The van der Waals surface area contributed by atoms with E-state index in [1.807, 2.05) is 24.3 Å². The van der Waals surface area contributed by atoms with Gasteiger partial charge < -0.3 is 15.4 Å². The van der Waals surface area contributed by atoms with Crippen LogP contribution in [0.15, 0.2) is 60.9 Å². The lowest BCUT2D eigenvalue weighted by molar-refractivity contribution is 0.102. The van der Waals surface area contributed by atoms with Crippen LogP contribution in [0.3, 0.4) is 0 Å². The van der Waals surface area contributed by atoms with Crippen LogP contribution in [0.4, 0.5) is 17.1 Å². The van der Waals surface area contributed by atoms with Crippen LogP contribution in [0.2, 0.25) is 5.02 Å². The molecule has 0 aliphatic rings. The molecule has 0 atom stereocenters. The second-order valence-corrected chi connectivity index (χ2v) is 7.06. The monoisotopic (exact) mass is 395 g/mol. The van der Waals surface area contributed by atoms with Crippen LogP contribution in [0.1, 0.15) is 35.7 Å². The molecule has 0 radical (unpaired) electrons. The van der Waals surface area contributed by atoms with Gasteiger partial charge in [0.1, 0.15) is 5.75 Å². The zero-order chi connectivity index (χ0) is 20.1. The van der Waals surface area contributed by atoms with E-state index in [-0.39, 0.29) is 5.91 Å². The fourth-order valence-electron chi connectivity index (χ4n) is 2.87. The third kappa shape index (κ3) is 4.61. The number of nitrogens with one attached hydrogen (secondary N) is 2. The number of rotatable bonds is 6. The van der Waals surface area contributed by atoms with Crippen LogP contribution in [0, 0.1) is 0 Å². The molecule has 0 bridgehead atoms. The Hall–Kier alpha value is -3.05. The standard InChI is InChI=1S/C22H22ClN3O2/c1-14(2)18-6-4-5-7-19(18)26-22(27)15-10-17(13-24-12-15)25-20-11-16(23)8-9-21(20)28-3/h4-14,25H,1-3H3,(H,26,27). The summed E-state index contributed by atoms with van der Waals surface area (Å²) in [6.45, 7) is 4.19. The smallest absolute Gasteiger partial charge is 0.257 e. The maximum atomic E-state index is 12.7. The molecule has 0 saturated heterocycles. The summed E-state index contributed by atoms with van der Waals surface area (Å²) < 4.78 is 5.34. The molecule has 144 valence electrons. The number of aromatic nitrogens is 1. The maximum Gasteiger partial charge on any atom is 0.257 e. The van der Waals surface area contributed by atoms with Gasteiger partial charge in [-0.25, -0.2) is 0 Å². The molecule has 6 heteroatoms. The number of para-hydroxylation sites is 1. The number of carbonyl (C=O) groups excluding carboxylic acids is 1. The normalized spacial score (nSPS) is 10.6. The van der Waals surface area contributed by atoms with E-state index in [9.17, 15) is 4.79 Å². The Morgan fingerprint density at radius 1 is 1.07 bits per heavy atom. The first-order chi connectivity index (χ1) is 13.5. The number of ether oxygens (including phenoxy) is 1. The summed E-state index contributed by atoms with van der Waals surface area (Å²) in [5, 5.41) is 6.76. The number of amides is 1. The van der Waals surface area contributed by atoms with Crippen molar-refractivity contribution in [3.63, 3.8) is 0 Å². The Bertz CT molecular complexity index is 989. The number of hydrogen-bond donors (Lipinski definition) is 2. The summed E-state index contributed by atoms with van der Waals surface area (Å²) >= 11 is 6.08. The van der Waals surface area contributed by atoms with Gasteiger partial charge in [-0.1, -0.05) is 43.6 Å². The minimum absolute atomic E-state index is 0.220. The molecule has 2 N–H and O–H groups in total. The van der Waals surface area contributed by atoms with Gasteiger partial charge in [-0.05, 0) is 41.8 Å². The second-order valence-electron chi connectivity index (χ2n) is 6.63. The van der Waals surface area contributed by atoms with Crippen LogP contribution in [-0.4, -0.2) is 18.0 Å². The molecule has 0 aliphatic heterocycles. The Kier molecular flexibility index (Phi) is 6.16. The number of carbonyl (C=O) groups is 1. The van der Waals surface area contributed by atoms with E-state index in [0.29, 0.717) is 33.6 Å². The summed E-state index contributed by atoms with van der Waals surface area (Å²) in [6, 6.07) is 14.8. The highest BCUT2D eigenvalue weighted by atomic mass is 35.5. The third-order valence-corrected chi connectivity index (χ3v) is 4.51. The molecular formula is C22H22ClN3O2. The topological polar surface area (TPSA) is 63.2 Å². The van der Waals surface area contributed by atoms with Crippen LogP contribution < -0.4 is 15.4 Å². The number of benzene rings is 2. The lowest BCUT2D eigenvalue weighted by atomic mass is 10.0. The van der Waals surface area contributed by atoms with Crippen LogP contribution >= 0.6 is 11.6 Å². The van der Waals surface area contributed by atoms with E-state index >= 15 is 0 Å². The van der Waals surface area contributed by atoms with Gasteiger partial charge in [-0.15, -0.1) is 0 Å². The summed E-state index contributed by atoms with van der Waals surface area (Å²) in [5.41, 5.74) is 3.69. The fraction of sp³-hybridized carbons (Fsp3) is 0.182. The van der Waals surface area contributed by atoms with E-state index in [4.69, 9.17) is 16.3 Å². The molecule has 3 rings (SSSR count). The summed E-state index contributed by atoms with van der Waals surface area (Å²) in [4.78, 5) is 16.9. The zero-order valence-electron chi connectivity index (χ0n) is 16.0. The highest BCUT2D eigenvalue weighted by Gasteiger charge is 2.12. The second kappa shape index (κ2) is 8.76. The van der Waals surface area contributed by atoms with Crippen molar-refractivity contribution in [2.45, 2.75) is 19.8 Å². The van der Waals surface area contributed by atoms with Gasteiger partial charge in [0.2, 0.25) is 0 Å². The molecule has 5 nitrogen and oxygen atoms in total. The molecule has 3 aromatic rings. The minimum atomic E-state index is -0.220. The van der Waals surface area contributed by atoms with E-state index in [1.54, 1.807) is 37.6 Å². The Balaban J connectivity index is 1.82. The Labute approximate surface area is 169 Å². The van der Waals surface area contributed by atoms with Crippen molar-refractivity contribution >= 4 is 34.6 Å². The predicted octanol–water partition coefficient (Wildman–Crippen LogP) is 5.86. The lowest BCUT2D eigenvalue weighted by Crippen LogP contribution is -2.14. The number of methoxy groups -OCH3 is 1. The lowest BCUT2D eigenvalue weighted by Gasteiger charge is -2.14. The van der Waals surface area contributed by atoms with Gasteiger partial charge >= 0.3 is 0 Å². The van der Waals surface area contributed by atoms with Crippen molar-refractivity contribution in [1.82, 2.24) is 4.98 Å². The zero-order valence-corrected chi connectivity index (χ0v) is 16.7. The van der Waals surface area contributed by atoms with Gasteiger partial charge in [-0.3, -0.25) is 9.78 Å². The average molecular weight is 396 g/mol. The van der Waals surface area contributed by atoms with Crippen molar-refractivity contribution in [3.8, 4) is 5.75 Å². The quantitative estimate of drug-likeness (QED) is 0.548. The highest BCUT2D eigenvalue weighted by molar-refractivity contribution is 6.31. The van der Waals surface area contributed by atoms with Crippen molar-refractivity contribution in [2.75, 3.05) is 17.7 Å². The summed E-state index contributed by atoms with van der Waals surface area (Å²) in [5.74, 6) is 0.727. The first-order valence-electron chi connectivity index (χ1n) is 8.94. The number of hydrogen-bond acceptors (Lipinski definition) is 4. The Morgan fingerprint density at radius 3 is 2.61 bits per heavy atom. The van der Waals surface area contributed by atoms with Crippen LogP contribution in [-0.2, 0) is 0 Å². The van der Waals surface area contributed by atoms with Gasteiger partial charge in [0.15, 0.2) is 0 Å². The number of nitrogens with zero attached hydrogens (tertiary/aromatic N) is 1. The molecule has 0 unspecified atom stereocenters. The fourth-order valence-corrected chi connectivity index (χ4v) is 3.05. The molecule has 0 fully saturated rings. The maximum absolute atomic E-state index is 12.7. The largest absolute Gasteiger partial charge is 0.495 e. The first-order valence-corrected chi connectivity index (χ1v) is 9.31. The van der Waals surface area contributed by atoms with E-state index in [0.717, 1.165) is 11.3 Å². The molecule has 0 aliphatic carbocycles. The van der Waals surface area contributed by atoms with Gasteiger partial charge in [-0.2, -0.15) is 0 Å². The van der Waals surface area contributed by atoms with E-state index in [2.05, 4.69) is 29.5 Å². The average Bonchev–Trinajstić information content (AvgIpc) is 2.68. The predicted molar refractivity (Wildman–Crippen MR) is 114 cm³/mol. The Morgan fingerprint density at radius 2 is 1.86 bits per heavy atom. The molecule has 1 aromatic heterocycles. The number of anilines is 3. The summed E-state index contributed by atoms with van der Waals surface area (Å²) in [7, 11) is 1.59. The van der Waals surface area contributed by atoms with Crippen molar-refractivity contribution < 1.29 is 9.53 Å². The summed E-state index contributed by atoms with van der Waals surface area (Å²) in [6.07, 6.45) is 3.17. The molecule has 0 saturated carbocycles. The van der Waals surface area contributed by atoms with Crippen LogP contribution in [0.25, 0.3) is 0 Å². The first kappa shape index (κ1) is 19.7. The molecule has 0 spiro atoms. The number of halogens is 1. The molecule has 1 amide bonds. The van der Waals surface area contributed by atoms with E-state index < -0.39 is 0 Å². The van der Waals surface area contributed by atoms with Crippen LogP contribution in [0.5, 0.6) is 5.75 Å². The van der Waals surface area contributed by atoms with Crippen molar-refractivity contribution in [1.29, 1.82) is 0 Å². The third-order valence-electron chi connectivity index (χ3n) is 4.27. The van der Waals surface area contributed by atoms with Gasteiger partial charge in [0.25, 0.3) is 5.91 Å². The van der Waals surface area contributed by atoms with Gasteiger partial charge in [0.05, 0.1) is 30.2 Å². The SMILES string of the molecule is COc1ccc(Cl)cc1Nc1cncc(C(=O)Nc2ccccc2C(C)C)c1. The molecule has 28 heavy (non-hydrogen) atoms. The molecule has 1 heterocycles. The number of pyridine rings is 1. The van der Waals surface area contributed by atoms with Crippen molar-refractivity contribution in [2.24, 2.45) is 0 Å². The molecular weight excluding hydrogens is 374 g/mol. The highest BCUT2D eigenvalue weighted by Crippen LogP contribution is 2.30. The minimum Gasteiger partial charge on any atom is -0.495 e. The van der Waals surface area contributed by atoms with Gasteiger partial charge in [0, 0.05) is 16.9 Å². The van der Waals surface area contributed by atoms with E-state index in [1.165, 1.54) is 6.20 Å².